The molecule has 31 heavy (non-hydrogen) atoms. The van der Waals surface area contributed by atoms with Crippen molar-refractivity contribution < 1.29 is 0 Å². The largest absolute Gasteiger partial charge is 0.294 e. The van der Waals surface area contributed by atoms with Gasteiger partial charge in [-0.1, -0.05) is 24.3 Å². The highest BCUT2D eigenvalue weighted by atomic mass is 15.1. The highest BCUT2D eigenvalue weighted by Crippen LogP contribution is 2.25. The Morgan fingerprint density at radius 1 is 0.935 bits per heavy atom. The molecule has 1 aliphatic heterocycles. The van der Waals surface area contributed by atoms with Gasteiger partial charge in [-0.05, 0) is 48.7 Å². The molecule has 0 radical (unpaired) electrons. The molecule has 154 valence electrons. The van der Waals surface area contributed by atoms with Crippen molar-refractivity contribution >= 4 is 0 Å². The van der Waals surface area contributed by atoms with E-state index in [0.717, 1.165) is 48.8 Å². The van der Waals surface area contributed by atoms with Gasteiger partial charge in [-0.3, -0.25) is 14.9 Å². The van der Waals surface area contributed by atoms with Gasteiger partial charge in [-0.15, -0.1) is 0 Å². The fourth-order valence-electron chi connectivity index (χ4n) is 4.11. The maximum Gasteiger partial charge on any atom is 0.159 e. The first-order valence-corrected chi connectivity index (χ1v) is 10.7. The first-order valence-electron chi connectivity index (χ1n) is 10.7. The summed E-state index contributed by atoms with van der Waals surface area (Å²) in [4.78, 5) is 20.7. The minimum absolute atomic E-state index is 0.779. The highest BCUT2D eigenvalue weighted by molar-refractivity contribution is 5.64. The zero-order valence-electron chi connectivity index (χ0n) is 17.9. The molecule has 0 N–H and O–H groups in total. The molecule has 5 heteroatoms. The van der Waals surface area contributed by atoms with Crippen LogP contribution >= 0.6 is 0 Å². The van der Waals surface area contributed by atoms with Crippen LogP contribution in [0.1, 0.15) is 27.9 Å². The monoisotopic (exact) mass is 407 g/mol. The summed E-state index contributed by atoms with van der Waals surface area (Å²) in [6, 6.07) is 14.6. The van der Waals surface area contributed by atoms with E-state index in [1.807, 2.05) is 24.5 Å². The Bertz CT molecular complexity index is 1200. The predicted molar refractivity (Wildman–Crippen MR) is 122 cm³/mol. The summed E-state index contributed by atoms with van der Waals surface area (Å²) in [6.45, 7) is 7.04. The summed E-state index contributed by atoms with van der Waals surface area (Å²) in [7, 11) is 0. The fraction of sp³-hybridized carbons (Fsp3) is 0.231. The SMILES string of the molecule is Cc1cccc(-c2ccc(CN3CCc4nc(-c5ccncc5)ncc4C3)cn2)c1C. The number of aryl methyl sites for hydroxylation is 1. The summed E-state index contributed by atoms with van der Waals surface area (Å²) in [5, 5.41) is 0. The number of fused-ring (bicyclic) bond motifs is 1. The number of aromatic nitrogens is 4. The summed E-state index contributed by atoms with van der Waals surface area (Å²) in [6.07, 6.45) is 8.48. The lowest BCUT2D eigenvalue weighted by Gasteiger charge is -2.28. The van der Waals surface area contributed by atoms with Gasteiger partial charge in [-0.2, -0.15) is 0 Å². The Hall–Kier alpha value is -3.44. The van der Waals surface area contributed by atoms with E-state index < -0.39 is 0 Å². The van der Waals surface area contributed by atoms with Gasteiger partial charge in [0.15, 0.2) is 5.82 Å². The molecule has 0 atom stereocenters. The molecule has 0 amide bonds. The molecule has 0 bridgehead atoms. The summed E-state index contributed by atoms with van der Waals surface area (Å²) >= 11 is 0. The number of hydrogen-bond donors (Lipinski definition) is 0. The molecular weight excluding hydrogens is 382 g/mol. The van der Waals surface area contributed by atoms with Crippen molar-refractivity contribution in [3.63, 3.8) is 0 Å². The molecule has 1 aliphatic rings. The lowest BCUT2D eigenvalue weighted by Crippen LogP contribution is -2.31. The number of nitrogens with zero attached hydrogens (tertiary/aromatic N) is 5. The van der Waals surface area contributed by atoms with Crippen molar-refractivity contribution in [3.05, 3.63) is 95.2 Å². The maximum atomic E-state index is 4.81. The number of pyridine rings is 2. The second-order valence-electron chi connectivity index (χ2n) is 8.16. The van der Waals surface area contributed by atoms with E-state index in [-0.39, 0.29) is 0 Å². The summed E-state index contributed by atoms with van der Waals surface area (Å²) in [5.41, 5.74) is 9.44. The third kappa shape index (κ3) is 4.09. The number of rotatable bonds is 4. The molecule has 0 aliphatic carbocycles. The predicted octanol–water partition coefficient (Wildman–Crippen LogP) is 4.78. The van der Waals surface area contributed by atoms with E-state index in [9.17, 15) is 0 Å². The Morgan fingerprint density at radius 3 is 2.61 bits per heavy atom. The van der Waals surface area contributed by atoms with Gasteiger partial charge in [0.1, 0.15) is 0 Å². The molecule has 0 unspecified atom stereocenters. The smallest absolute Gasteiger partial charge is 0.159 e. The second-order valence-corrected chi connectivity index (χ2v) is 8.16. The number of hydrogen-bond acceptors (Lipinski definition) is 5. The molecule has 1 aromatic carbocycles. The standard InChI is InChI=1S/C26H25N5/c1-18-4-3-5-23(19(18)2)25-7-6-20(14-28-25)16-31-13-10-24-22(17-31)15-29-26(30-24)21-8-11-27-12-9-21/h3-9,11-12,14-15H,10,13,16-17H2,1-2H3. The van der Waals surface area contributed by atoms with Gasteiger partial charge in [0.2, 0.25) is 0 Å². The Kier molecular flexibility index (Phi) is 5.26. The second kappa shape index (κ2) is 8.36. The normalized spacial score (nSPS) is 13.7. The zero-order valence-corrected chi connectivity index (χ0v) is 17.9. The first kappa shape index (κ1) is 19.5. The highest BCUT2D eigenvalue weighted by Gasteiger charge is 2.19. The Morgan fingerprint density at radius 2 is 1.81 bits per heavy atom. The average Bonchev–Trinajstić information content (AvgIpc) is 2.82. The van der Waals surface area contributed by atoms with Crippen LogP contribution in [0, 0.1) is 13.8 Å². The van der Waals surface area contributed by atoms with Crippen LogP contribution in [0.4, 0.5) is 0 Å². The van der Waals surface area contributed by atoms with Gasteiger partial charge in [0.05, 0.1) is 11.4 Å². The van der Waals surface area contributed by atoms with Crippen molar-refractivity contribution in [3.8, 4) is 22.6 Å². The zero-order chi connectivity index (χ0) is 21.2. The van der Waals surface area contributed by atoms with Crippen molar-refractivity contribution in [2.24, 2.45) is 0 Å². The molecule has 4 heterocycles. The van der Waals surface area contributed by atoms with E-state index in [1.165, 1.54) is 27.8 Å². The molecule has 0 spiro atoms. The topological polar surface area (TPSA) is 54.8 Å². The molecule has 0 saturated heterocycles. The van der Waals surface area contributed by atoms with Crippen LogP contribution in [0.15, 0.2) is 67.3 Å². The van der Waals surface area contributed by atoms with Gasteiger partial charge in [0.25, 0.3) is 0 Å². The van der Waals surface area contributed by atoms with Gasteiger partial charge in [0, 0.05) is 67.5 Å². The van der Waals surface area contributed by atoms with Crippen LogP contribution in [-0.4, -0.2) is 31.4 Å². The van der Waals surface area contributed by atoms with Gasteiger partial charge >= 0.3 is 0 Å². The minimum atomic E-state index is 0.779. The van der Waals surface area contributed by atoms with Crippen LogP contribution < -0.4 is 0 Å². The summed E-state index contributed by atoms with van der Waals surface area (Å²) < 4.78 is 0. The van der Waals surface area contributed by atoms with Crippen LogP contribution in [-0.2, 0) is 19.5 Å². The van der Waals surface area contributed by atoms with E-state index in [0.29, 0.717) is 0 Å². The van der Waals surface area contributed by atoms with E-state index in [1.54, 1.807) is 12.4 Å². The molecule has 4 aromatic rings. The third-order valence-corrected chi connectivity index (χ3v) is 6.06. The Balaban J connectivity index is 1.28. The lowest BCUT2D eigenvalue weighted by molar-refractivity contribution is 0.242. The van der Waals surface area contributed by atoms with E-state index in [2.05, 4.69) is 59.0 Å². The molecule has 5 nitrogen and oxygen atoms in total. The van der Waals surface area contributed by atoms with E-state index >= 15 is 0 Å². The molecule has 3 aromatic heterocycles. The summed E-state index contributed by atoms with van der Waals surface area (Å²) in [5.74, 6) is 0.779. The quantitative estimate of drug-likeness (QED) is 0.487. The van der Waals surface area contributed by atoms with Crippen molar-refractivity contribution in [1.82, 2.24) is 24.8 Å². The third-order valence-electron chi connectivity index (χ3n) is 6.06. The molecular formula is C26H25N5. The van der Waals surface area contributed by atoms with Crippen LogP contribution in [0.2, 0.25) is 0 Å². The Labute approximate surface area is 182 Å². The van der Waals surface area contributed by atoms with Crippen LogP contribution in [0.5, 0.6) is 0 Å². The average molecular weight is 408 g/mol. The van der Waals surface area contributed by atoms with Crippen molar-refractivity contribution in [1.29, 1.82) is 0 Å². The maximum absolute atomic E-state index is 4.81. The number of benzene rings is 1. The first-order chi connectivity index (χ1) is 15.2. The van der Waals surface area contributed by atoms with Gasteiger partial charge in [-0.25, -0.2) is 9.97 Å². The van der Waals surface area contributed by atoms with Gasteiger partial charge < -0.3 is 0 Å². The molecule has 0 fully saturated rings. The lowest BCUT2D eigenvalue weighted by atomic mass is 10.0. The molecule has 0 saturated carbocycles. The van der Waals surface area contributed by atoms with Crippen molar-refractivity contribution in [2.75, 3.05) is 6.54 Å². The van der Waals surface area contributed by atoms with E-state index in [4.69, 9.17) is 9.97 Å². The van der Waals surface area contributed by atoms with Crippen molar-refractivity contribution in [2.45, 2.75) is 33.4 Å². The van der Waals surface area contributed by atoms with Crippen LogP contribution in [0.25, 0.3) is 22.6 Å². The molecule has 5 rings (SSSR count). The minimum Gasteiger partial charge on any atom is -0.294 e. The van der Waals surface area contributed by atoms with Crippen LogP contribution in [0.3, 0.4) is 0 Å². The fourth-order valence-corrected chi connectivity index (χ4v) is 4.11.